The van der Waals surface area contributed by atoms with E-state index in [2.05, 4.69) is 4.90 Å². The Kier molecular flexibility index (Phi) is 9.10. The van der Waals surface area contributed by atoms with E-state index < -0.39 is 0 Å². The lowest BCUT2D eigenvalue weighted by Gasteiger charge is -2.31. The third kappa shape index (κ3) is 6.52. The molecule has 2 aliphatic rings. The van der Waals surface area contributed by atoms with Gasteiger partial charge in [0.25, 0.3) is 11.8 Å². The maximum Gasteiger partial charge on any atom is 0.264 e. The fourth-order valence-electron chi connectivity index (χ4n) is 4.93. The van der Waals surface area contributed by atoms with Crippen molar-refractivity contribution in [3.63, 3.8) is 0 Å². The van der Waals surface area contributed by atoms with Crippen LogP contribution in [0, 0.1) is 0 Å². The number of amides is 2. The van der Waals surface area contributed by atoms with Gasteiger partial charge in [-0.2, -0.15) is 5.10 Å². The van der Waals surface area contributed by atoms with Gasteiger partial charge in [0.2, 0.25) is 0 Å². The van der Waals surface area contributed by atoms with E-state index in [-0.39, 0.29) is 24.4 Å². The molecule has 9 nitrogen and oxygen atoms in total. The zero-order chi connectivity index (χ0) is 27.9. The maximum atomic E-state index is 13.9. The second-order valence-electron chi connectivity index (χ2n) is 9.67. The van der Waals surface area contributed by atoms with Gasteiger partial charge in [0.15, 0.2) is 0 Å². The molecule has 1 fully saturated rings. The van der Waals surface area contributed by atoms with E-state index in [1.54, 1.807) is 30.2 Å². The third-order valence-corrected chi connectivity index (χ3v) is 8.06. The molecule has 1 atom stereocenters. The van der Waals surface area contributed by atoms with E-state index >= 15 is 0 Å². The minimum Gasteiger partial charge on any atom is -0.497 e. The number of rotatable bonds is 10. The fraction of sp³-hybridized carbons (Fsp3) is 0.367. The van der Waals surface area contributed by atoms with Gasteiger partial charge in [-0.15, -0.1) is 11.3 Å². The quantitative estimate of drug-likeness (QED) is 0.373. The molecule has 10 heteroatoms. The lowest BCUT2D eigenvalue weighted by atomic mass is 9.98. The van der Waals surface area contributed by atoms with Crippen LogP contribution in [-0.4, -0.2) is 92.5 Å². The molecule has 0 bridgehead atoms. The van der Waals surface area contributed by atoms with Crippen molar-refractivity contribution in [2.75, 3.05) is 60.2 Å². The molecule has 40 heavy (non-hydrogen) atoms. The summed E-state index contributed by atoms with van der Waals surface area (Å²) in [6.07, 6.45) is 0.540. The van der Waals surface area contributed by atoms with Crippen molar-refractivity contribution in [1.29, 1.82) is 0 Å². The normalized spacial score (nSPS) is 17.4. The summed E-state index contributed by atoms with van der Waals surface area (Å²) in [5.74, 6) is 1.09. The zero-order valence-electron chi connectivity index (χ0n) is 22.8. The molecular formula is C30H34N4O5S. The fourth-order valence-corrected chi connectivity index (χ4v) is 5.62. The Morgan fingerprint density at radius 2 is 1.80 bits per heavy atom. The standard InChI is InChI=1S/C30H34N4O5S/c1-37-24-10-8-22(9-11-24)27-20-26(23-5-3-6-25(19-23)38-2)31-34(27)29(35)21-33(30(36)28-7-4-18-40-28)13-12-32-14-16-39-17-15-32/h3-11,18-19,27H,12-17,20-21H2,1-2H3. The summed E-state index contributed by atoms with van der Waals surface area (Å²) in [7, 11) is 3.25. The molecule has 0 radical (unpaired) electrons. The van der Waals surface area contributed by atoms with Crippen LogP contribution in [0.25, 0.3) is 0 Å². The van der Waals surface area contributed by atoms with Crippen LogP contribution < -0.4 is 9.47 Å². The second-order valence-corrected chi connectivity index (χ2v) is 10.6. The van der Waals surface area contributed by atoms with Gasteiger partial charge in [-0.25, -0.2) is 5.01 Å². The molecule has 0 saturated carbocycles. The van der Waals surface area contributed by atoms with Gasteiger partial charge >= 0.3 is 0 Å². The highest BCUT2D eigenvalue weighted by atomic mass is 32.1. The molecule has 5 rings (SSSR count). The highest BCUT2D eigenvalue weighted by molar-refractivity contribution is 7.12. The number of benzene rings is 2. The van der Waals surface area contributed by atoms with Gasteiger partial charge in [0.1, 0.15) is 18.0 Å². The molecule has 2 aliphatic heterocycles. The Morgan fingerprint density at radius 1 is 1.02 bits per heavy atom. The minimum atomic E-state index is -0.308. The van der Waals surface area contributed by atoms with E-state index in [1.807, 2.05) is 60.0 Å². The highest BCUT2D eigenvalue weighted by Crippen LogP contribution is 2.34. The Morgan fingerprint density at radius 3 is 2.50 bits per heavy atom. The predicted octanol–water partition coefficient (Wildman–Crippen LogP) is 3.92. The zero-order valence-corrected chi connectivity index (χ0v) is 23.6. The average Bonchev–Trinajstić information content (AvgIpc) is 3.71. The molecule has 3 heterocycles. The van der Waals surface area contributed by atoms with Gasteiger partial charge in [0.05, 0.1) is 44.1 Å². The molecule has 1 aromatic heterocycles. The first-order chi connectivity index (χ1) is 19.6. The van der Waals surface area contributed by atoms with Crippen LogP contribution in [0.15, 0.2) is 71.1 Å². The smallest absolute Gasteiger partial charge is 0.264 e. The Bertz CT molecular complexity index is 1320. The number of carbonyl (C=O) groups excluding carboxylic acids is 2. The van der Waals surface area contributed by atoms with Crippen LogP contribution in [0.2, 0.25) is 0 Å². The van der Waals surface area contributed by atoms with Crippen molar-refractivity contribution in [2.24, 2.45) is 5.10 Å². The Labute approximate surface area is 238 Å². The summed E-state index contributed by atoms with van der Waals surface area (Å²) in [6, 6.07) is 18.7. The summed E-state index contributed by atoms with van der Waals surface area (Å²) >= 11 is 1.38. The van der Waals surface area contributed by atoms with Crippen molar-refractivity contribution < 1.29 is 23.8 Å². The van der Waals surface area contributed by atoms with Crippen LogP contribution >= 0.6 is 11.3 Å². The number of morpholine rings is 1. The molecule has 210 valence electrons. The summed E-state index contributed by atoms with van der Waals surface area (Å²) in [5, 5.41) is 8.23. The van der Waals surface area contributed by atoms with Crippen molar-refractivity contribution in [1.82, 2.24) is 14.8 Å². The number of nitrogens with zero attached hydrogens (tertiary/aromatic N) is 4. The maximum absolute atomic E-state index is 13.9. The van der Waals surface area contributed by atoms with Crippen LogP contribution in [0.4, 0.5) is 0 Å². The highest BCUT2D eigenvalue weighted by Gasteiger charge is 2.35. The molecular weight excluding hydrogens is 528 g/mol. The first kappa shape index (κ1) is 27.8. The second kappa shape index (κ2) is 13.1. The van der Waals surface area contributed by atoms with Crippen molar-refractivity contribution in [3.05, 3.63) is 82.0 Å². The molecule has 2 aromatic carbocycles. The molecule has 1 unspecified atom stereocenters. The Hall–Kier alpha value is -3.73. The first-order valence-corrected chi connectivity index (χ1v) is 14.2. The number of methoxy groups -OCH3 is 2. The number of hydrogen-bond donors (Lipinski definition) is 0. The average molecular weight is 563 g/mol. The van der Waals surface area contributed by atoms with Crippen LogP contribution in [0.1, 0.15) is 33.3 Å². The summed E-state index contributed by atoms with van der Waals surface area (Å²) in [6.45, 7) is 4.03. The van der Waals surface area contributed by atoms with E-state index in [0.29, 0.717) is 37.6 Å². The number of carbonyl (C=O) groups is 2. The Balaban J connectivity index is 1.40. The minimum absolute atomic E-state index is 0.0668. The van der Waals surface area contributed by atoms with Crippen LogP contribution in [-0.2, 0) is 9.53 Å². The SMILES string of the molecule is COc1ccc(C2CC(c3cccc(OC)c3)=NN2C(=O)CN(CCN2CCOCC2)C(=O)c2cccs2)cc1. The van der Waals surface area contributed by atoms with E-state index in [9.17, 15) is 9.59 Å². The summed E-state index contributed by atoms with van der Waals surface area (Å²) in [5.41, 5.74) is 2.63. The van der Waals surface area contributed by atoms with Crippen molar-refractivity contribution in [3.8, 4) is 11.5 Å². The lowest BCUT2D eigenvalue weighted by Crippen LogP contribution is -2.46. The molecule has 3 aromatic rings. The number of ether oxygens (including phenoxy) is 3. The summed E-state index contributed by atoms with van der Waals surface area (Å²) in [4.78, 5) is 31.9. The van der Waals surface area contributed by atoms with Crippen LogP contribution in [0.3, 0.4) is 0 Å². The molecule has 2 amide bonds. The molecule has 0 aliphatic carbocycles. The molecule has 1 saturated heterocycles. The predicted molar refractivity (Wildman–Crippen MR) is 154 cm³/mol. The number of hydrazone groups is 1. The van der Waals surface area contributed by atoms with Gasteiger partial charge < -0.3 is 19.1 Å². The van der Waals surface area contributed by atoms with E-state index in [0.717, 1.165) is 41.4 Å². The van der Waals surface area contributed by atoms with Crippen molar-refractivity contribution in [2.45, 2.75) is 12.5 Å². The number of thiophene rings is 1. The summed E-state index contributed by atoms with van der Waals surface area (Å²) < 4.78 is 16.2. The van der Waals surface area contributed by atoms with E-state index in [1.165, 1.54) is 11.3 Å². The molecule has 0 N–H and O–H groups in total. The van der Waals surface area contributed by atoms with Crippen molar-refractivity contribution >= 4 is 28.9 Å². The monoisotopic (exact) mass is 562 g/mol. The topological polar surface area (TPSA) is 83.9 Å². The van der Waals surface area contributed by atoms with Gasteiger partial charge in [0, 0.05) is 38.2 Å². The van der Waals surface area contributed by atoms with E-state index in [4.69, 9.17) is 19.3 Å². The lowest BCUT2D eigenvalue weighted by molar-refractivity contribution is -0.133. The van der Waals surface area contributed by atoms with Crippen LogP contribution in [0.5, 0.6) is 11.5 Å². The number of hydrogen-bond acceptors (Lipinski definition) is 8. The largest absolute Gasteiger partial charge is 0.497 e. The first-order valence-electron chi connectivity index (χ1n) is 13.4. The van der Waals surface area contributed by atoms with Gasteiger partial charge in [-0.05, 0) is 41.3 Å². The third-order valence-electron chi connectivity index (χ3n) is 7.20. The van der Waals surface area contributed by atoms with Gasteiger partial charge in [-0.3, -0.25) is 14.5 Å². The molecule has 0 spiro atoms. The van der Waals surface area contributed by atoms with Gasteiger partial charge in [-0.1, -0.05) is 30.3 Å².